The van der Waals surface area contributed by atoms with Crippen molar-refractivity contribution in [3.8, 4) is 6.07 Å². The maximum atomic E-state index is 9.88. The first kappa shape index (κ1) is 22.5. The van der Waals surface area contributed by atoms with Crippen LogP contribution in [0.1, 0.15) is 69.4 Å². The summed E-state index contributed by atoms with van der Waals surface area (Å²) in [4.78, 5) is 0. The summed E-state index contributed by atoms with van der Waals surface area (Å²) >= 11 is 0. The quantitative estimate of drug-likeness (QED) is 0.153. The van der Waals surface area contributed by atoms with Crippen LogP contribution in [0.15, 0.2) is 78.6 Å². The van der Waals surface area contributed by atoms with Gasteiger partial charge in [0.15, 0.2) is 0 Å². The summed E-state index contributed by atoms with van der Waals surface area (Å²) in [5.41, 5.74) is 3.36. The average Bonchev–Trinajstić information content (AvgIpc) is 2.77. The molecule has 0 bridgehead atoms. The van der Waals surface area contributed by atoms with E-state index >= 15 is 0 Å². The monoisotopic (exact) mass is 387 g/mol. The molecular formula is C27H33NO. The van der Waals surface area contributed by atoms with Crippen molar-refractivity contribution in [3.05, 3.63) is 89.7 Å². The third-order valence-corrected chi connectivity index (χ3v) is 5.04. The van der Waals surface area contributed by atoms with Gasteiger partial charge in [0, 0.05) is 5.57 Å². The number of hydrogen-bond acceptors (Lipinski definition) is 2. The summed E-state index contributed by atoms with van der Waals surface area (Å²) < 4.78 is 5.89. The number of allylic oxidation sites excluding steroid dienone is 1. The van der Waals surface area contributed by atoms with Crippen LogP contribution >= 0.6 is 0 Å². The van der Waals surface area contributed by atoms with Gasteiger partial charge < -0.3 is 4.74 Å². The van der Waals surface area contributed by atoms with E-state index in [1.54, 1.807) is 0 Å². The highest BCUT2D eigenvalue weighted by atomic mass is 16.5. The van der Waals surface area contributed by atoms with Crippen molar-refractivity contribution in [2.24, 2.45) is 0 Å². The lowest BCUT2D eigenvalue weighted by atomic mass is 9.93. The van der Waals surface area contributed by atoms with E-state index in [1.165, 1.54) is 38.5 Å². The molecule has 0 aliphatic heterocycles. The Morgan fingerprint density at radius 1 is 0.793 bits per heavy atom. The summed E-state index contributed by atoms with van der Waals surface area (Å²) in [6.07, 6.45) is 10.0. The van der Waals surface area contributed by atoms with Crippen LogP contribution in [0.4, 0.5) is 0 Å². The Kier molecular flexibility index (Phi) is 10.4. The molecule has 0 atom stereocenters. The standard InChI is InChI=1S/C27H33NO/c1-3-4-5-6-7-8-9-16-21-29-23(2)26(22-28)27(24-17-12-10-13-18-24)25-19-14-11-15-20-25/h10-15,17-20H,2-9,16,21H2,1H3. The Balaban J connectivity index is 1.99. The third kappa shape index (κ3) is 7.62. The molecule has 2 aromatic rings. The molecule has 2 aromatic carbocycles. The van der Waals surface area contributed by atoms with E-state index < -0.39 is 0 Å². The van der Waals surface area contributed by atoms with Gasteiger partial charge in [0.1, 0.15) is 17.4 Å². The highest BCUT2D eigenvalue weighted by Gasteiger charge is 2.15. The van der Waals surface area contributed by atoms with Crippen LogP contribution in [0.5, 0.6) is 0 Å². The van der Waals surface area contributed by atoms with Gasteiger partial charge in [0.25, 0.3) is 0 Å². The van der Waals surface area contributed by atoms with Crippen LogP contribution in [0.3, 0.4) is 0 Å². The Hall–Kier alpha value is -2.79. The van der Waals surface area contributed by atoms with Gasteiger partial charge in [0.2, 0.25) is 0 Å². The summed E-state index contributed by atoms with van der Waals surface area (Å²) in [5.74, 6) is 0.457. The van der Waals surface area contributed by atoms with E-state index in [0.717, 1.165) is 29.5 Å². The van der Waals surface area contributed by atoms with Gasteiger partial charge in [-0.25, -0.2) is 0 Å². The van der Waals surface area contributed by atoms with E-state index in [0.29, 0.717) is 17.9 Å². The molecule has 0 heterocycles. The second-order valence-corrected chi connectivity index (χ2v) is 7.34. The molecule has 0 saturated carbocycles. The summed E-state index contributed by atoms with van der Waals surface area (Å²) in [5, 5.41) is 9.88. The minimum absolute atomic E-state index is 0.457. The smallest absolute Gasteiger partial charge is 0.130 e. The molecule has 0 unspecified atom stereocenters. The van der Waals surface area contributed by atoms with Crippen molar-refractivity contribution < 1.29 is 4.74 Å². The van der Waals surface area contributed by atoms with E-state index in [2.05, 4.69) is 19.6 Å². The second kappa shape index (κ2) is 13.4. The zero-order valence-electron chi connectivity index (χ0n) is 17.7. The topological polar surface area (TPSA) is 33.0 Å². The molecule has 152 valence electrons. The lowest BCUT2D eigenvalue weighted by molar-refractivity contribution is 0.215. The lowest BCUT2D eigenvalue weighted by Gasteiger charge is -2.14. The number of benzene rings is 2. The van der Waals surface area contributed by atoms with Crippen molar-refractivity contribution in [2.75, 3.05) is 6.61 Å². The highest BCUT2D eigenvalue weighted by Crippen LogP contribution is 2.30. The van der Waals surface area contributed by atoms with Crippen molar-refractivity contribution >= 4 is 5.57 Å². The third-order valence-electron chi connectivity index (χ3n) is 5.04. The normalized spacial score (nSPS) is 10.2. The van der Waals surface area contributed by atoms with Crippen LogP contribution in [0, 0.1) is 11.3 Å². The van der Waals surface area contributed by atoms with Gasteiger partial charge in [-0.2, -0.15) is 5.26 Å². The summed E-state index contributed by atoms with van der Waals surface area (Å²) in [6.45, 7) is 6.92. The number of nitriles is 1. The van der Waals surface area contributed by atoms with Crippen molar-refractivity contribution in [1.82, 2.24) is 0 Å². The molecule has 0 aliphatic rings. The van der Waals surface area contributed by atoms with Gasteiger partial charge >= 0.3 is 0 Å². The summed E-state index contributed by atoms with van der Waals surface area (Å²) in [7, 11) is 0. The molecule has 2 rings (SSSR count). The van der Waals surface area contributed by atoms with Gasteiger partial charge in [0.05, 0.1) is 6.61 Å². The summed E-state index contributed by atoms with van der Waals surface area (Å²) in [6, 6.07) is 22.3. The highest BCUT2D eigenvalue weighted by molar-refractivity contribution is 5.86. The molecule has 0 aliphatic carbocycles. The molecule has 0 fully saturated rings. The Labute approximate surface area is 176 Å². The molecule has 29 heavy (non-hydrogen) atoms. The van der Waals surface area contributed by atoms with Crippen LogP contribution in [-0.4, -0.2) is 6.61 Å². The van der Waals surface area contributed by atoms with Gasteiger partial charge in [-0.15, -0.1) is 0 Å². The fraction of sp³-hybridized carbons (Fsp3) is 0.370. The fourth-order valence-corrected chi connectivity index (χ4v) is 3.43. The van der Waals surface area contributed by atoms with Crippen LogP contribution < -0.4 is 0 Å². The van der Waals surface area contributed by atoms with Gasteiger partial charge in [-0.1, -0.05) is 119 Å². The van der Waals surface area contributed by atoms with Crippen molar-refractivity contribution in [3.63, 3.8) is 0 Å². The number of nitrogens with zero attached hydrogens (tertiary/aromatic N) is 1. The SMILES string of the molecule is C=C(OCCCCCCCCCC)C(C#N)=C(c1ccccc1)c1ccccc1. The predicted octanol–water partition coefficient (Wildman–Crippen LogP) is 7.68. The first-order valence-electron chi connectivity index (χ1n) is 10.8. The first-order chi connectivity index (χ1) is 14.3. The number of ether oxygens (including phenoxy) is 1. The molecular weight excluding hydrogens is 354 g/mol. The molecule has 0 amide bonds. The van der Waals surface area contributed by atoms with E-state index in [9.17, 15) is 5.26 Å². The molecule has 2 nitrogen and oxygen atoms in total. The van der Waals surface area contributed by atoms with E-state index in [4.69, 9.17) is 4.74 Å². The zero-order chi connectivity index (χ0) is 20.7. The number of rotatable bonds is 13. The Morgan fingerprint density at radius 3 is 1.76 bits per heavy atom. The van der Waals surface area contributed by atoms with E-state index in [1.807, 2.05) is 60.7 Å². The molecule has 2 heteroatoms. The van der Waals surface area contributed by atoms with Gasteiger partial charge in [-0.05, 0) is 17.5 Å². The fourth-order valence-electron chi connectivity index (χ4n) is 3.43. The Morgan fingerprint density at radius 2 is 1.28 bits per heavy atom. The zero-order valence-corrected chi connectivity index (χ0v) is 17.7. The minimum Gasteiger partial charge on any atom is -0.493 e. The van der Waals surface area contributed by atoms with Crippen molar-refractivity contribution in [1.29, 1.82) is 5.26 Å². The number of hydrogen-bond donors (Lipinski definition) is 0. The van der Waals surface area contributed by atoms with Crippen LogP contribution in [-0.2, 0) is 4.74 Å². The first-order valence-corrected chi connectivity index (χ1v) is 10.8. The maximum Gasteiger partial charge on any atom is 0.130 e. The molecule has 0 spiro atoms. The minimum atomic E-state index is 0.457. The molecule has 0 aromatic heterocycles. The van der Waals surface area contributed by atoms with Crippen LogP contribution in [0.2, 0.25) is 0 Å². The molecule has 0 N–H and O–H groups in total. The molecule has 0 saturated heterocycles. The second-order valence-electron chi connectivity index (χ2n) is 7.34. The average molecular weight is 388 g/mol. The maximum absolute atomic E-state index is 9.88. The van der Waals surface area contributed by atoms with Crippen molar-refractivity contribution in [2.45, 2.75) is 58.3 Å². The number of unbranched alkanes of at least 4 members (excludes halogenated alkanes) is 7. The van der Waals surface area contributed by atoms with Crippen LogP contribution in [0.25, 0.3) is 5.57 Å². The Bertz CT molecular complexity index is 758. The lowest BCUT2D eigenvalue weighted by Crippen LogP contribution is -2.01. The molecule has 0 radical (unpaired) electrons. The largest absolute Gasteiger partial charge is 0.493 e. The van der Waals surface area contributed by atoms with Gasteiger partial charge in [-0.3, -0.25) is 0 Å². The predicted molar refractivity (Wildman–Crippen MR) is 122 cm³/mol. The van der Waals surface area contributed by atoms with E-state index in [-0.39, 0.29) is 0 Å².